The van der Waals surface area contributed by atoms with E-state index in [0.717, 1.165) is 6.42 Å². The number of hydrogen-bond donors (Lipinski definition) is 0. The Labute approximate surface area is 106 Å². The van der Waals surface area contributed by atoms with Crippen molar-refractivity contribution in [2.45, 2.75) is 32.0 Å². The van der Waals surface area contributed by atoms with Gasteiger partial charge in [-0.05, 0) is 12.3 Å². The molecule has 1 fully saturated rings. The van der Waals surface area contributed by atoms with Gasteiger partial charge in [0.1, 0.15) is 12.1 Å². The zero-order chi connectivity index (χ0) is 13.8. The van der Waals surface area contributed by atoms with Gasteiger partial charge in [-0.25, -0.2) is 4.39 Å². The molecule has 0 radical (unpaired) electrons. The molecule has 19 heavy (non-hydrogen) atoms. The fourth-order valence-corrected chi connectivity index (χ4v) is 2.30. The molecule has 2 aromatic heterocycles. The van der Waals surface area contributed by atoms with Gasteiger partial charge in [-0.2, -0.15) is 18.3 Å². The fourth-order valence-electron chi connectivity index (χ4n) is 2.30. The quantitative estimate of drug-likeness (QED) is 0.786. The van der Waals surface area contributed by atoms with Crippen molar-refractivity contribution in [2.24, 2.45) is 5.92 Å². The molecule has 0 spiro atoms. The first kappa shape index (κ1) is 12.4. The van der Waals surface area contributed by atoms with Crippen molar-refractivity contribution in [3.8, 4) is 0 Å². The number of halogens is 4. The van der Waals surface area contributed by atoms with E-state index in [9.17, 15) is 17.6 Å². The summed E-state index contributed by atoms with van der Waals surface area (Å²) in [7, 11) is 0. The van der Waals surface area contributed by atoms with Crippen LogP contribution in [0.25, 0.3) is 10.9 Å². The average Bonchev–Trinajstić information content (AvgIpc) is 2.85. The van der Waals surface area contributed by atoms with Gasteiger partial charge in [0.05, 0.1) is 11.9 Å². The van der Waals surface area contributed by atoms with E-state index in [1.807, 2.05) is 6.92 Å². The van der Waals surface area contributed by atoms with E-state index < -0.39 is 18.5 Å². The molecule has 0 bridgehead atoms. The minimum absolute atomic E-state index is 0.0126. The molecule has 3 nitrogen and oxygen atoms in total. The molecule has 2 heterocycles. The highest BCUT2D eigenvalue weighted by Gasteiger charge is 2.38. The van der Waals surface area contributed by atoms with Crippen LogP contribution in [-0.2, 0) is 6.54 Å². The Morgan fingerprint density at radius 2 is 2.05 bits per heavy atom. The van der Waals surface area contributed by atoms with Crippen LogP contribution in [-0.4, -0.2) is 20.9 Å². The van der Waals surface area contributed by atoms with Crippen LogP contribution < -0.4 is 0 Å². The fraction of sp³-hybridized carbons (Fsp3) is 0.500. The van der Waals surface area contributed by atoms with Crippen molar-refractivity contribution in [2.75, 3.05) is 0 Å². The highest BCUT2D eigenvalue weighted by molar-refractivity contribution is 5.79. The summed E-state index contributed by atoms with van der Waals surface area (Å²) in [5.41, 5.74) is 0.144. The molecule has 2 atom stereocenters. The van der Waals surface area contributed by atoms with Crippen LogP contribution in [0.5, 0.6) is 0 Å². The molecule has 0 unspecified atom stereocenters. The van der Waals surface area contributed by atoms with Crippen molar-refractivity contribution >= 4 is 10.9 Å². The van der Waals surface area contributed by atoms with E-state index in [4.69, 9.17) is 0 Å². The van der Waals surface area contributed by atoms with Gasteiger partial charge in [0.15, 0.2) is 5.82 Å². The molecule has 0 aliphatic heterocycles. The molecule has 0 aromatic carbocycles. The average molecular weight is 273 g/mol. The number of rotatable bonds is 2. The minimum atomic E-state index is -4.43. The van der Waals surface area contributed by atoms with E-state index in [0.29, 0.717) is 16.0 Å². The van der Waals surface area contributed by atoms with Crippen molar-refractivity contribution < 1.29 is 17.6 Å². The molecule has 102 valence electrons. The van der Waals surface area contributed by atoms with Gasteiger partial charge < -0.3 is 0 Å². The number of fused-ring (bicyclic) bond motifs is 1. The Hall–Kier alpha value is -1.66. The van der Waals surface area contributed by atoms with Crippen LogP contribution in [0.4, 0.5) is 17.6 Å². The highest BCUT2D eigenvalue weighted by Crippen LogP contribution is 2.47. The molecule has 1 saturated carbocycles. The summed E-state index contributed by atoms with van der Waals surface area (Å²) < 4.78 is 52.2. The number of hydrogen-bond acceptors (Lipinski definition) is 2. The van der Waals surface area contributed by atoms with Gasteiger partial charge in [0.25, 0.3) is 0 Å². The summed E-state index contributed by atoms with van der Waals surface area (Å²) in [6.45, 7) is 0.667. The van der Waals surface area contributed by atoms with Gasteiger partial charge in [0, 0.05) is 17.5 Å². The van der Waals surface area contributed by atoms with E-state index in [2.05, 4.69) is 10.1 Å². The second kappa shape index (κ2) is 3.91. The van der Waals surface area contributed by atoms with Gasteiger partial charge in [0.2, 0.25) is 0 Å². The second-order valence-electron chi connectivity index (χ2n) is 5.00. The summed E-state index contributed by atoms with van der Waals surface area (Å²) >= 11 is 0. The maximum absolute atomic E-state index is 14.3. The molecular formula is C12H11F4N3. The van der Waals surface area contributed by atoms with Gasteiger partial charge in [-0.3, -0.25) is 9.67 Å². The van der Waals surface area contributed by atoms with Crippen LogP contribution in [0, 0.1) is 11.7 Å². The van der Waals surface area contributed by atoms with Crippen LogP contribution in [0.3, 0.4) is 0 Å². The van der Waals surface area contributed by atoms with E-state index in [1.165, 1.54) is 12.4 Å². The standard InChI is InChI=1S/C12H11F4N3/c1-6-2-8(6)10-9(13)11-7(3-17-10)4-18-19(11)5-12(14,15)16/h3-4,6,8H,2,5H2,1H3/t6-,8-/m1/s1. The van der Waals surface area contributed by atoms with Crippen molar-refractivity contribution in [3.05, 3.63) is 23.9 Å². The molecule has 1 aliphatic rings. The van der Waals surface area contributed by atoms with E-state index in [-0.39, 0.29) is 17.1 Å². The molecule has 2 aromatic rings. The maximum atomic E-state index is 14.3. The number of alkyl halides is 3. The molecule has 0 N–H and O–H groups in total. The first-order valence-electron chi connectivity index (χ1n) is 5.93. The highest BCUT2D eigenvalue weighted by atomic mass is 19.4. The lowest BCUT2D eigenvalue weighted by molar-refractivity contribution is -0.141. The molecule has 1 aliphatic carbocycles. The van der Waals surface area contributed by atoms with Crippen LogP contribution in [0.2, 0.25) is 0 Å². The molecular weight excluding hydrogens is 262 g/mol. The molecule has 3 rings (SSSR count). The van der Waals surface area contributed by atoms with Crippen molar-refractivity contribution in [3.63, 3.8) is 0 Å². The van der Waals surface area contributed by atoms with Crippen LogP contribution >= 0.6 is 0 Å². The van der Waals surface area contributed by atoms with Crippen LogP contribution in [0.15, 0.2) is 12.4 Å². The topological polar surface area (TPSA) is 30.7 Å². The van der Waals surface area contributed by atoms with Crippen molar-refractivity contribution in [1.82, 2.24) is 14.8 Å². The van der Waals surface area contributed by atoms with Gasteiger partial charge >= 0.3 is 6.18 Å². The lowest BCUT2D eigenvalue weighted by atomic mass is 10.2. The number of nitrogens with zero attached hydrogens (tertiary/aromatic N) is 3. The largest absolute Gasteiger partial charge is 0.408 e. The summed E-state index contributed by atoms with van der Waals surface area (Å²) in [5, 5.41) is 3.89. The first-order valence-corrected chi connectivity index (χ1v) is 5.93. The summed E-state index contributed by atoms with van der Waals surface area (Å²) in [6, 6.07) is 0. The molecule has 7 heteroatoms. The Morgan fingerprint density at radius 1 is 1.37 bits per heavy atom. The summed E-state index contributed by atoms with van der Waals surface area (Å²) in [4.78, 5) is 4.02. The smallest absolute Gasteiger partial charge is 0.257 e. The van der Waals surface area contributed by atoms with Gasteiger partial charge in [-0.15, -0.1) is 0 Å². The predicted octanol–water partition coefficient (Wildman–Crippen LogP) is 3.26. The zero-order valence-electron chi connectivity index (χ0n) is 10.1. The van der Waals surface area contributed by atoms with Crippen molar-refractivity contribution in [1.29, 1.82) is 0 Å². The second-order valence-corrected chi connectivity index (χ2v) is 5.00. The lowest BCUT2D eigenvalue weighted by Gasteiger charge is -2.09. The normalized spacial score (nSPS) is 23.0. The van der Waals surface area contributed by atoms with E-state index >= 15 is 0 Å². The maximum Gasteiger partial charge on any atom is 0.408 e. The Bertz CT molecular complexity index is 632. The van der Waals surface area contributed by atoms with E-state index in [1.54, 1.807) is 0 Å². The monoisotopic (exact) mass is 273 g/mol. The number of aromatic nitrogens is 3. The molecule has 0 saturated heterocycles. The minimum Gasteiger partial charge on any atom is -0.257 e. The third kappa shape index (κ3) is 2.17. The summed E-state index contributed by atoms with van der Waals surface area (Å²) in [6.07, 6.45) is -1.01. The zero-order valence-corrected chi connectivity index (χ0v) is 10.1. The Kier molecular flexibility index (Phi) is 2.55. The third-order valence-corrected chi connectivity index (χ3v) is 3.43. The predicted molar refractivity (Wildman–Crippen MR) is 60.1 cm³/mol. The third-order valence-electron chi connectivity index (χ3n) is 3.43. The lowest BCUT2D eigenvalue weighted by Crippen LogP contribution is -2.19. The molecule has 0 amide bonds. The van der Waals surface area contributed by atoms with Gasteiger partial charge in [-0.1, -0.05) is 6.92 Å². The Morgan fingerprint density at radius 3 is 2.63 bits per heavy atom. The number of pyridine rings is 1. The Balaban J connectivity index is 2.09. The first-order chi connectivity index (χ1) is 8.87. The SMILES string of the molecule is C[C@@H]1C[C@H]1c1ncc2cnn(CC(F)(F)F)c2c1F. The summed E-state index contributed by atoms with van der Waals surface area (Å²) in [5.74, 6) is -0.328. The van der Waals surface area contributed by atoms with Crippen LogP contribution in [0.1, 0.15) is 25.0 Å².